The van der Waals surface area contributed by atoms with Gasteiger partial charge in [-0.25, -0.2) is 9.37 Å². The number of pyridine rings is 1. The number of benzene rings is 2. The van der Waals surface area contributed by atoms with Crippen LogP contribution in [0.5, 0.6) is 5.75 Å². The molecule has 29 heavy (non-hydrogen) atoms. The van der Waals surface area contributed by atoms with Crippen molar-refractivity contribution in [3.63, 3.8) is 0 Å². The zero-order chi connectivity index (χ0) is 20.2. The molecule has 0 atom stereocenters. The molecule has 0 bridgehead atoms. The smallest absolute Gasteiger partial charge is 0.267 e. The summed E-state index contributed by atoms with van der Waals surface area (Å²) in [5, 5.41) is 0.587. The summed E-state index contributed by atoms with van der Waals surface area (Å²) in [7, 11) is 0. The lowest BCUT2D eigenvalue weighted by Crippen LogP contribution is -2.34. The summed E-state index contributed by atoms with van der Waals surface area (Å²) in [6.45, 7) is 2.12. The second-order valence-electron chi connectivity index (χ2n) is 6.51. The topological polar surface area (TPSA) is 55.3 Å². The van der Waals surface area contributed by atoms with Gasteiger partial charge in [-0.05, 0) is 61.0 Å². The Labute approximate surface area is 171 Å². The number of thiazole rings is 1. The first kappa shape index (κ1) is 19.0. The molecule has 1 amide bonds. The van der Waals surface area contributed by atoms with Crippen LogP contribution in [0.2, 0.25) is 0 Å². The quantitative estimate of drug-likeness (QED) is 0.463. The van der Waals surface area contributed by atoms with Gasteiger partial charge in [0.2, 0.25) is 0 Å². The van der Waals surface area contributed by atoms with E-state index in [1.54, 1.807) is 11.1 Å². The number of rotatable bonds is 6. The van der Waals surface area contributed by atoms with Crippen LogP contribution in [0.3, 0.4) is 0 Å². The van der Waals surface area contributed by atoms with Crippen molar-refractivity contribution >= 4 is 32.6 Å². The van der Waals surface area contributed by atoms with E-state index < -0.39 is 0 Å². The normalized spacial score (nSPS) is 10.8. The van der Waals surface area contributed by atoms with Crippen LogP contribution >= 0.6 is 11.3 Å². The maximum Gasteiger partial charge on any atom is 0.267 e. The summed E-state index contributed by atoms with van der Waals surface area (Å²) in [5.41, 5.74) is 2.72. The SMILES string of the molecule is Cc1ccc2nc(N(Cc3ccccn3)C(=O)COc3ccc(F)cc3)sc2c1. The molecule has 2 aromatic carbocycles. The van der Waals surface area contributed by atoms with Crippen LogP contribution in [0.1, 0.15) is 11.3 Å². The third-order valence-corrected chi connectivity index (χ3v) is 5.33. The molecule has 2 aromatic heterocycles. The number of halogens is 1. The molecule has 2 heterocycles. The van der Waals surface area contributed by atoms with Gasteiger partial charge in [0.05, 0.1) is 22.5 Å². The standard InChI is InChI=1S/C22H18FN3O2S/c1-15-5-10-19-20(12-15)29-22(25-19)26(13-17-4-2-3-11-24-17)21(27)14-28-18-8-6-16(23)7-9-18/h2-12H,13-14H2,1H3. The lowest BCUT2D eigenvalue weighted by molar-refractivity contribution is -0.120. The third kappa shape index (κ3) is 4.57. The summed E-state index contributed by atoms with van der Waals surface area (Å²) in [4.78, 5) is 23.5. The fraction of sp³-hybridized carbons (Fsp3) is 0.136. The number of hydrogen-bond donors (Lipinski definition) is 0. The van der Waals surface area contributed by atoms with Crippen LogP contribution in [0.25, 0.3) is 10.2 Å². The number of aryl methyl sites for hydroxylation is 1. The number of anilines is 1. The van der Waals surface area contributed by atoms with Gasteiger partial charge in [0.25, 0.3) is 5.91 Å². The third-order valence-electron chi connectivity index (χ3n) is 4.29. The summed E-state index contributed by atoms with van der Waals surface area (Å²) in [6.07, 6.45) is 1.69. The molecule has 146 valence electrons. The predicted molar refractivity (Wildman–Crippen MR) is 112 cm³/mol. The molecule has 4 aromatic rings. The minimum Gasteiger partial charge on any atom is -0.484 e. The van der Waals surface area contributed by atoms with E-state index in [4.69, 9.17) is 4.74 Å². The highest BCUT2D eigenvalue weighted by Crippen LogP contribution is 2.30. The average Bonchev–Trinajstić information content (AvgIpc) is 3.15. The highest BCUT2D eigenvalue weighted by Gasteiger charge is 2.21. The van der Waals surface area contributed by atoms with Gasteiger partial charge in [-0.15, -0.1) is 0 Å². The van der Waals surface area contributed by atoms with Crippen molar-refractivity contribution in [1.82, 2.24) is 9.97 Å². The highest BCUT2D eigenvalue weighted by atomic mass is 32.1. The van der Waals surface area contributed by atoms with Gasteiger partial charge < -0.3 is 4.74 Å². The Bertz CT molecular complexity index is 1130. The average molecular weight is 407 g/mol. The lowest BCUT2D eigenvalue weighted by Gasteiger charge is -2.19. The molecule has 0 N–H and O–H groups in total. The molecule has 0 aliphatic rings. The molecule has 0 aliphatic carbocycles. The molecule has 0 fully saturated rings. The van der Waals surface area contributed by atoms with Gasteiger partial charge in [-0.2, -0.15) is 0 Å². The zero-order valence-electron chi connectivity index (χ0n) is 15.7. The van der Waals surface area contributed by atoms with Crippen LogP contribution < -0.4 is 9.64 Å². The van der Waals surface area contributed by atoms with Crippen LogP contribution in [-0.4, -0.2) is 22.5 Å². The molecule has 0 radical (unpaired) electrons. The van der Waals surface area contributed by atoms with Crippen molar-refractivity contribution in [2.24, 2.45) is 0 Å². The van der Waals surface area contributed by atoms with Crippen molar-refractivity contribution in [3.8, 4) is 5.75 Å². The Morgan fingerprint density at radius 2 is 1.97 bits per heavy atom. The number of ether oxygens (including phenoxy) is 1. The van der Waals surface area contributed by atoms with Crippen molar-refractivity contribution in [3.05, 3.63) is 83.9 Å². The second kappa shape index (κ2) is 8.36. The van der Waals surface area contributed by atoms with Gasteiger partial charge in [0, 0.05) is 6.20 Å². The number of hydrogen-bond acceptors (Lipinski definition) is 5. The summed E-state index contributed by atoms with van der Waals surface area (Å²) in [6, 6.07) is 17.1. The van der Waals surface area contributed by atoms with Crippen molar-refractivity contribution in [1.29, 1.82) is 0 Å². The molecular formula is C22H18FN3O2S. The summed E-state index contributed by atoms with van der Waals surface area (Å²) < 4.78 is 19.6. The number of amides is 1. The number of carbonyl (C=O) groups excluding carboxylic acids is 1. The highest BCUT2D eigenvalue weighted by molar-refractivity contribution is 7.22. The maximum atomic E-state index is 13.1. The van der Waals surface area contributed by atoms with E-state index in [1.165, 1.54) is 35.6 Å². The Hall–Kier alpha value is -3.32. The molecule has 7 heteroatoms. The van der Waals surface area contributed by atoms with Crippen LogP contribution in [0, 0.1) is 12.7 Å². The number of fused-ring (bicyclic) bond motifs is 1. The summed E-state index contributed by atoms with van der Waals surface area (Å²) in [5.74, 6) is -0.182. The largest absolute Gasteiger partial charge is 0.484 e. The Kier molecular flexibility index (Phi) is 5.48. The first-order valence-electron chi connectivity index (χ1n) is 9.04. The van der Waals surface area contributed by atoms with Crippen molar-refractivity contribution < 1.29 is 13.9 Å². The van der Waals surface area contributed by atoms with E-state index >= 15 is 0 Å². The monoisotopic (exact) mass is 407 g/mol. The number of aromatic nitrogens is 2. The zero-order valence-corrected chi connectivity index (χ0v) is 16.5. The van der Waals surface area contributed by atoms with Gasteiger partial charge >= 0.3 is 0 Å². The first-order chi connectivity index (χ1) is 14.1. The molecule has 5 nitrogen and oxygen atoms in total. The molecule has 0 spiro atoms. The summed E-state index contributed by atoms with van der Waals surface area (Å²) >= 11 is 1.45. The van der Waals surface area contributed by atoms with Crippen LogP contribution in [0.4, 0.5) is 9.52 Å². The van der Waals surface area contributed by atoms with Gasteiger partial charge in [-0.1, -0.05) is 23.5 Å². The fourth-order valence-corrected chi connectivity index (χ4v) is 3.89. The number of nitrogens with zero attached hydrogens (tertiary/aromatic N) is 3. The minimum atomic E-state index is -0.356. The van der Waals surface area contributed by atoms with E-state index in [9.17, 15) is 9.18 Å². The number of carbonyl (C=O) groups is 1. The Morgan fingerprint density at radius 1 is 1.14 bits per heavy atom. The fourth-order valence-electron chi connectivity index (χ4n) is 2.81. The lowest BCUT2D eigenvalue weighted by atomic mass is 10.2. The molecule has 0 saturated carbocycles. The first-order valence-corrected chi connectivity index (χ1v) is 9.86. The maximum absolute atomic E-state index is 13.1. The molecule has 0 unspecified atom stereocenters. The van der Waals surface area contributed by atoms with Crippen LogP contribution in [-0.2, 0) is 11.3 Å². The Morgan fingerprint density at radius 3 is 2.72 bits per heavy atom. The van der Waals surface area contributed by atoms with E-state index in [-0.39, 0.29) is 24.9 Å². The second-order valence-corrected chi connectivity index (χ2v) is 7.52. The van der Waals surface area contributed by atoms with Crippen molar-refractivity contribution in [2.45, 2.75) is 13.5 Å². The van der Waals surface area contributed by atoms with Crippen molar-refractivity contribution in [2.75, 3.05) is 11.5 Å². The molecule has 0 saturated heterocycles. The van der Waals surface area contributed by atoms with E-state index in [2.05, 4.69) is 16.0 Å². The van der Waals surface area contributed by atoms with E-state index in [0.29, 0.717) is 10.9 Å². The molecular weight excluding hydrogens is 389 g/mol. The molecule has 0 aliphatic heterocycles. The predicted octanol–water partition coefficient (Wildman–Crippen LogP) is 4.75. The van der Waals surface area contributed by atoms with Gasteiger partial charge in [0.15, 0.2) is 11.7 Å². The van der Waals surface area contributed by atoms with Crippen LogP contribution in [0.15, 0.2) is 66.9 Å². The van der Waals surface area contributed by atoms with Gasteiger partial charge in [-0.3, -0.25) is 14.7 Å². The van der Waals surface area contributed by atoms with Gasteiger partial charge in [0.1, 0.15) is 11.6 Å². The Balaban J connectivity index is 1.59. The minimum absolute atomic E-state index is 0.187. The molecule has 4 rings (SSSR count). The van der Waals surface area contributed by atoms with E-state index in [0.717, 1.165) is 21.5 Å². The van der Waals surface area contributed by atoms with E-state index in [1.807, 2.05) is 37.3 Å².